The molecular weight excluding hydrogens is 479 g/mol. The van der Waals surface area contributed by atoms with Crippen molar-refractivity contribution in [1.82, 2.24) is 0 Å². The summed E-state index contributed by atoms with van der Waals surface area (Å²) in [6, 6.07) is 7.38. The minimum absolute atomic E-state index is 0.0230. The second-order valence-corrected chi connectivity index (χ2v) is 9.16. The molecule has 2 aromatic carbocycles. The molecule has 0 unspecified atom stereocenters. The Balaban J connectivity index is 1.84. The number of nitrogens with one attached hydrogen (secondary N) is 1. The molecule has 0 saturated carbocycles. The molecule has 0 spiro atoms. The maximum absolute atomic E-state index is 12.9. The molecule has 1 heterocycles. The molecular formula is C22H20F3NO7S. The van der Waals surface area contributed by atoms with Crippen molar-refractivity contribution < 1.29 is 40.3 Å². The lowest BCUT2D eigenvalue weighted by atomic mass is 10.0. The van der Waals surface area contributed by atoms with Crippen LogP contribution in [0.1, 0.15) is 17.5 Å². The lowest BCUT2D eigenvalue weighted by Gasteiger charge is -2.14. The smallest absolute Gasteiger partial charge is 0.497 e. The summed E-state index contributed by atoms with van der Waals surface area (Å²) in [5.41, 5.74) is -5.21. The van der Waals surface area contributed by atoms with E-state index in [1.807, 2.05) is 0 Å². The Hall–Kier alpha value is -3.54. The van der Waals surface area contributed by atoms with Gasteiger partial charge in [-0.3, -0.25) is 4.79 Å². The molecule has 0 aliphatic heterocycles. The number of ether oxygens (including phenoxy) is 2. The fourth-order valence-corrected chi connectivity index (χ4v) is 4.11. The molecule has 3 aromatic rings. The monoisotopic (exact) mass is 499 g/mol. The number of aryl methyl sites for hydroxylation is 1. The highest BCUT2D eigenvalue weighted by molar-refractivity contribution is 7.92. The van der Waals surface area contributed by atoms with E-state index in [4.69, 9.17) is 13.9 Å². The SMILES string of the molecule is COc1ccc2c(C)c(CCC(=O)Nc3cc(S(=O)(=O)C(F)(F)F)ccc3OC)c(=O)oc2c1. The largest absolute Gasteiger partial charge is 0.501 e. The summed E-state index contributed by atoms with van der Waals surface area (Å²) < 4.78 is 77.5. The van der Waals surface area contributed by atoms with Gasteiger partial charge >= 0.3 is 11.1 Å². The van der Waals surface area contributed by atoms with Gasteiger partial charge in [0, 0.05) is 23.4 Å². The molecule has 1 aromatic heterocycles. The molecule has 3 rings (SSSR count). The number of halogens is 3. The normalized spacial score (nSPS) is 11.9. The fourth-order valence-electron chi connectivity index (χ4n) is 3.33. The van der Waals surface area contributed by atoms with E-state index in [1.54, 1.807) is 25.1 Å². The average Bonchev–Trinajstić information content (AvgIpc) is 2.77. The highest BCUT2D eigenvalue weighted by Crippen LogP contribution is 2.34. The maximum Gasteiger partial charge on any atom is 0.501 e. The van der Waals surface area contributed by atoms with Crippen molar-refractivity contribution in [2.45, 2.75) is 30.2 Å². The summed E-state index contributed by atoms with van der Waals surface area (Å²) in [5.74, 6) is -0.204. The van der Waals surface area contributed by atoms with Crippen molar-refractivity contribution in [3.63, 3.8) is 0 Å². The van der Waals surface area contributed by atoms with Crippen LogP contribution < -0.4 is 20.4 Å². The summed E-state index contributed by atoms with van der Waals surface area (Å²) in [6.07, 6.45) is -0.252. The minimum atomic E-state index is -5.62. The number of amides is 1. The molecule has 0 fully saturated rings. The minimum Gasteiger partial charge on any atom is -0.497 e. The third-order valence-electron chi connectivity index (χ3n) is 5.16. The summed E-state index contributed by atoms with van der Waals surface area (Å²) in [5, 5.41) is 3.00. The van der Waals surface area contributed by atoms with Gasteiger partial charge in [-0.2, -0.15) is 13.2 Å². The van der Waals surface area contributed by atoms with Crippen LogP contribution in [0.3, 0.4) is 0 Å². The standard InChI is InChI=1S/C22H20F3NO7S/c1-12-15-6-4-13(31-2)10-19(15)33-21(28)16(12)7-9-20(27)26-17-11-14(5-8-18(17)32-3)34(29,30)22(23,24)25/h4-6,8,10-11H,7,9H2,1-3H3,(H,26,27). The highest BCUT2D eigenvalue weighted by Gasteiger charge is 2.47. The maximum atomic E-state index is 12.9. The number of sulfone groups is 1. The van der Waals surface area contributed by atoms with Crippen molar-refractivity contribution in [2.24, 2.45) is 0 Å². The van der Waals surface area contributed by atoms with E-state index in [9.17, 15) is 31.2 Å². The third kappa shape index (κ3) is 4.86. The highest BCUT2D eigenvalue weighted by atomic mass is 32.2. The Morgan fingerprint density at radius 2 is 1.79 bits per heavy atom. The first-order valence-corrected chi connectivity index (χ1v) is 11.3. The van der Waals surface area contributed by atoms with Crippen LogP contribution in [0.5, 0.6) is 11.5 Å². The van der Waals surface area contributed by atoms with Gasteiger partial charge in [-0.05, 0) is 49.2 Å². The van der Waals surface area contributed by atoms with Crippen LogP contribution in [0.4, 0.5) is 18.9 Å². The first kappa shape index (κ1) is 25.1. The Labute approximate surface area is 192 Å². The van der Waals surface area contributed by atoms with Gasteiger partial charge in [-0.1, -0.05) is 0 Å². The number of anilines is 1. The van der Waals surface area contributed by atoms with Crippen molar-refractivity contribution in [3.05, 3.63) is 57.9 Å². The number of fused-ring (bicyclic) bond motifs is 1. The average molecular weight is 499 g/mol. The fraction of sp³-hybridized carbons (Fsp3) is 0.273. The number of methoxy groups -OCH3 is 2. The zero-order valence-electron chi connectivity index (χ0n) is 18.3. The Bertz CT molecular complexity index is 1410. The zero-order valence-corrected chi connectivity index (χ0v) is 19.1. The van der Waals surface area contributed by atoms with Gasteiger partial charge in [0.1, 0.15) is 17.1 Å². The second-order valence-electron chi connectivity index (χ2n) is 7.21. The molecule has 12 heteroatoms. The van der Waals surface area contributed by atoms with Crippen LogP contribution in [0.2, 0.25) is 0 Å². The Kier molecular flexibility index (Phi) is 6.92. The zero-order chi connectivity index (χ0) is 25.3. The van der Waals surface area contributed by atoms with Crippen LogP contribution in [0.15, 0.2) is 50.5 Å². The van der Waals surface area contributed by atoms with Crippen molar-refractivity contribution in [2.75, 3.05) is 19.5 Å². The van der Waals surface area contributed by atoms with Gasteiger partial charge in [-0.15, -0.1) is 0 Å². The molecule has 34 heavy (non-hydrogen) atoms. The van der Waals surface area contributed by atoms with Crippen molar-refractivity contribution in [3.8, 4) is 11.5 Å². The lowest BCUT2D eigenvalue weighted by molar-refractivity contribution is -0.116. The number of carbonyl (C=O) groups is 1. The van der Waals surface area contributed by atoms with E-state index >= 15 is 0 Å². The van der Waals surface area contributed by atoms with Crippen LogP contribution in [0, 0.1) is 6.92 Å². The molecule has 0 aliphatic carbocycles. The van der Waals surface area contributed by atoms with Crippen LogP contribution in [-0.2, 0) is 21.1 Å². The van der Waals surface area contributed by atoms with E-state index in [-0.39, 0.29) is 29.8 Å². The predicted octanol–water partition coefficient (Wildman–Crippen LogP) is 3.98. The van der Waals surface area contributed by atoms with Gasteiger partial charge in [0.25, 0.3) is 9.84 Å². The van der Waals surface area contributed by atoms with E-state index in [2.05, 4.69) is 5.32 Å². The van der Waals surface area contributed by atoms with E-state index < -0.39 is 31.8 Å². The van der Waals surface area contributed by atoms with Gasteiger partial charge in [0.05, 0.1) is 24.8 Å². The molecule has 0 aliphatic rings. The van der Waals surface area contributed by atoms with Crippen LogP contribution in [-0.4, -0.2) is 34.1 Å². The van der Waals surface area contributed by atoms with E-state index in [0.29, 0.717) is 28.3 Å². The van der Waals surface area contributed by atoms with Crippen LogP contribution >= 0.6 is 0 Å². The van der Waals surface area contributed by atoms with Gasteiger partial charge < -0.3 is 19.2 Å². The number of benzene rings is 2. The summed E-state index contributed by atoms with van der Waals surface area (Å²) in [7, 11) is -2.94. The van der Waals surface area contributed by atoms with Crippen LogP contribution in [0.25, 0.3) is 11.0 Å². The third-order valence-corrected chi connectivity index (χ3v) is 6.64. The molecule has 8 nitrogen and oxygen atoms in total. The number of carbonyl (C=O) groups excluding carboxylic acids is 1. The Morgan fingerprint density at radius 1 is 1.09 bits per heavy atom. The molecule has 1 amide bonds. The van der Waals surface area contributed by atoms with E-state index in [1.165, 1.54) is 14.2 Å². The molecule has 182 valence electrons. The van der Waals surface area contributed by atoms with Gasteiger partial charge in [-0.25, -0.2) is 13.2 Å². The first-order chi connectivity index (χ1) is 15.9. The predicted molar refractivity (Wildman–Crippen MR) is 117 cm³/mol. The first-order valence-electron chi connectivity index (χ1n) is 9.78. The molecule has 1 N–H and O–H groups in total. The Morgan fingerprint density at radius 3 is 2.41 bits per heavy atom. The van der Waals surface area contributed by atoms with Gasteiger partial charge in [0.2, 0.25) is 5.91 Å². The summed E-state index contributed by atoms with van der Waals surface area (Å²) in [4.78, 5) is 23.9. The topological polar surface area (TPSA) is 112 Å². The summed E-state index contributed by atoms with van der Waals surface area (Å²) in [6.45, 7) is 1.70. The second kappa shape index (κ2) is 9.37. The molecule has 0 saturated heterocycles. The van der Waals surface area contributed by atoms with Crippen molar-refractivity contribution >= 4 is 32.4 Å². The molecule has 0 radical (unpaired) electrons. The number of hydrogen-bond acceptors (Lipinski definition) is 7. The number of alkyl halides is 3. The van der Waals surface area contributed by atoms with E-state index in [0.717, 1.165) is 12.1 Å². The lowest BCUT2D eigenvalue weighted by Crippen LogP contribution is -2.23. The number of rotatable bonds is 7. The number of hydrogen-bond donors (Lipinski definition) is 1. The molecule has 0 bridgehead atoms. The summed E-state index contributed by atoms with van der Waals surface area (Å²) >= 11 is 0. The quantitative estimate of drug-likeness (QED) is 0.490. The molecule has 0 atom stereocenters. The van der Waals surface area contributed by atoms with Gasteiger partial charge in [0.15, 0.2) is 0 Å². The van der Waals surface area contributed by atoms with Crippen molar-refractivity contribution in [1.29, 1.82) is 0 Å².